The maximum atomic E-state index is 5.51. The predicted octanol–water partition coefficient (Wildman–Crippen LogP) is 1.82. The Morgan fingerprint density at radius 2 is 2.21 bits per heavy atom. The summed E-state index contributed by atoms with van der Waals surface area (Å²) >= 11 is 0. The van der Waals surface area contributed by atoms with Crippen molar-refractivity contribution < 1.29 is 9.26 Å². The minimum absolute atomic E-state index is 0.101. The van der Waals surface area contributed by atoms with E-state index in [1.165, 1.54) is 6.33 Å². The van der Waals surface area contributed by atoms with Crippen LogP contribution in [-0.4, -0.2) is 50.0 Å². The fourth-order valence-electron chi connectivity index (χ4n) is 3.06. The quantitative estimate of drug-likeness (QED) is 0.764. The highest BCUT2D eigenvalue weighted by molar-refractivity contribution is 5.53. The van der Waals surface area contributed by atoms with E-state index >= 15 is 0 Å². The number of likely N-dealkylation sites (tertiary alicyclic amines) is 1. The first-order valence-corrected chi connectivity index (χ1v) is 7.83. The molecule has 8 nitrogen and oxygen atoms in total. The highest BCUT2D eigenvalue weighted by Crippen LogP contribution is 2.32. The van der Waals surface area contributed by atoms with E-state index in [9.17, 15) is 0 Å². The number of hydrogen-bond donors (Lipinski definition) is 1. The summed E-state index contributed by atoms with van der Waals surface area (Å²) in [5.41, 5.74) is 0.940. The number of nitrogens with one attached hydrogen (secondary N) is 1. The second-order valence-electron chi connectivity index (χ2n) is 5.79. The molecule has 1 aliphatic heterocycles. The Morgan fingerprint density at radius 1 is 1.33 bits per heavy atom. The minimum Gasteiger partial charge on any atom is -0.380 e. The lowest BCUT2D eigenvalue weighted by Crippen LogP contribution is -2.25. The van der Waals surface area contributed by atoms with Crippen molar-refractivity contribution in [3.8, 4) is 11.4 Å². The van der Waals surface area contributed by atoms with E-state index in [0.717, 1.165) is 24.4 Å². The van der Waals surface area contributed by atoms with E-state index in [2.05, 4.69) is 30.2 Å². The van der Waals surface area contributed by atoms with Crippen molar-refractivity contribution in [2.45, 2.75) is 25.1 Å². The molecule has 3 heterocycles. The maximum absolute atomic E-state index is 5.51. The van der Waals surface area contributed by atoms with Crippen LogP contribution in [0.1, 0.15) is 24.2 Å². The molecule has 0 unspecified atom stereocenters. The van der Waals surface area contributed by atoms with Gasteiger partial charge in [0.25, 0.3) is 0 Å². The Labute approximate surface area is 138 Å². The van der Waals surface area contributed by atoms with Gasteiger partial charge in [0.15, 0.2) is 0 Å². The van der Waals surface area contributed by atoms with Gasteiger partial charge in [0.2, 0.25) is 11.7 Å². The molecule has 124 valence electrons. The summed E-state index contributed by atoms with van der Waals surface area (Å²) in [5, 5.41) is 11.0. The van der Waals surface area contributed by atoms with Gasteiger partial charge in [0.05, 0.1) is 18.7 Å². The van der Waals surface area contributed by atoms with Crippen LogP contribution in [0.2, 0.25) is 0 Å². The smallest absolute Gasteiger partial charge is 0.241 e. The standard InChI is InChI=1S/C16H18N6O2/c1-23-12-7-13(16-17-10-18-20-16)22(8-12)9-14-19-15(21-24-14)11-5-3-2-4-6-11/h2-6,10,12-13H,7-9H2,1H3,(H,17,18,20)/t12-,13+/m1/s1. The number of hydrogen-bond acceptors (Lipinski definition) is 7. The summed E-state index contributed by atoms with van der Waals surface area (Å²) in [6.07, 6.45) is 2.52. The van der Waals surface area contributed by atoms with Gasteiger partial charge in [-0.2, -0.15) is 10.1 Å². The molecule has 0 bridgehead atoms. The molecular weight excluding hydrogens is 308 g/mol. The third-order valence-electron chi connectivity index (χ3n) is 4.29. The molecule has 0 amide bonds. The van der Waals surface area contributed by atoms with Gasteiger partial charge < -0.3 is 9.26 Å². The first kappa shape index (κ1) is 15.0. The molecule has 1 aliphatic rings. The first-order chi connectivity index (χ1) is 11.8. The summed E-state index contributed by atoms with van der Waals surface area (Å²) in [5.74, 6) is 2.01. The number of H-pyrrole nitrogens is 1. The maximum Gasteiger partial charge on any atom is 0.241 e. The number of ether oxygens (including phenoxy) is 1. The molecule has 1 saturated heterocycles. The van der Waals surface area contributed by atoms with Crippen molar-refractivity contribution in [3.05, 3.63) is 48.4 Å². The lowest BCUT2D eigenvalue weighted by Gasteiger charge is -2.19. The Morgan fingerprint density at radius 3 is 2.96 bits per heavy atom. The second kappa shape index (κ2) is 6.50. The van der Waals surface area contributed by atoms with Crippen molar-refractivity contribution in [1.82, 2.24) is 30.2 Å². The van der Waals surface area contributed by atoms with Gasteiger partial charge in [-0.1, -0.05) is 35.5 Å². The van der Waals surface area contributed by atoms with Crippen LogP contribution in [0.3, 0.4) is 0 Å². The third-order valence-corrected chi connectivity index (χ3v) is 4.29. The molecule has 0 radical (unpaired) electrons. The fourth-order valence-corrected chi connectivity index (χ4v) is 3.06. The SMILES string of the molecule is CO[C@@H]1C[C@@H](c2ncn[nH]2)N(Cc2nc(-c3ccccc3)no2)C1. The zero-order valence-corrected chi connectivity index (χ0v) is 13.3. The number of rotatable bonds is 5. The predicted molar refractivity (Wildman–Crippen MR) is 84.7 cm³/mol. The van der Waals surface area contributed by atoms with Crippen molar-refractivity contribution in [2.24, 2.45) is 0 Å². The van der Waals surface area contributed by atoms with E-state index in [-0.39, 0.29) is 12.1 Å². The van der Waals surface area contributed by atoms with Crippen LogP contribution < -0.4 is 0 Å². The van der Waals surface area contributed by atoms with Gasteiger partial charge in [-0.3, -0.25) is 10.00 Å². The summed E-state index contributed by atoms with van der Waals surface area (Å²) in [7, 11) is 1.73. The van der Waals surface area contributed by atoms with Crippen LogP contribution in [-0.2, 0) is 11.3 Å². The molecule has 1 fully saturated rings. The Kier molecular flexibility index (Phi) is 4.06. The minimum atomic E-state index is 0.101. The molecular formula is C16H18N6O2. The van der Waals surface area contributed by atoms with Crippen molar-refractivity contribution in [3.63, 3.8) is 0 Å². The average molecular weight is 326 g/mol. The number of nitrogens with zero attached hydrogens (tertiary/aromatic N) is 5. The van der Waals surface area contributed by atoms with Gasteiger partial charge in [0.1, 0.15) is 12.2 Å². The summed E-state index contributed by atoms with van der Waals surface area (Å²) in [4.78, 5) is 11.0. The first-order valence-electron chi connectivity index (χ1n) is 7.83. The lowest BCUT2D eigenvalue weighted by atomic mass is 10.2. The van der Waals surface area contributed by atoms with E-state index in [1.54, 1.807) is 7.11 Å². The van der Waals surface area contributed by atoms with Crippen LogP contribution in [0.5, 0.6) is 0 Å². The molecule has 4 rings (SSSR count). The molecule has 2 atom stereocenters. The highest BCUT2D eigenvalue weighted by Gasteiger charge is 2.35. The molecule has 0 aliphatic carbocycles. The van der Waals surface area contributed by atoms with Crippen molar-refractivity contribution in [2.75, 3.05) is 13.7 Å². The molecule has 1 aromatic carbocycles. The summed E-state index contributed by atoms with van der Waals surface area (Å²) in [6.45, 7) is 1.33. The Bertz CT molecular complexity index is 773. The van der Waals surface area contributed by atoms with Crippen LogP contribution in [0.15, 0.2) is 41.2 Å². The molecule has 0 saturated carbocycles. The van der Waals surface area contributed by atoms with Gasteiger partial charge >= 0.3 is 0 Å². The Hall–Kier alpha value is -2.58. The normalized spacial score (nSPS) is 21.4. The topological polar surface area (TPSA) is 93.0 Å². The summed E-state index contributed by atoms with van der Waals surface area (Å²) < 4.78 is 10.9. The molecule has 24 heavy (non-hydrogen) atoms. The molecule has 0 spiro atoms. The number of aromatic amines is 1. The van der Waals surface area contributed by atoms with Crippen LogP contribution >= 0.6 is 0 Å². The zero-order chi connectivity index (χ0) is 16.4. The summed E-state index contributed by atoms with van der Waals surface area (Å²) in [6, 6.07) is 9.89. The lowest BCUT2D eigenvalue weighted by molar-refractivity contribution is 0.105. The number of benzene rings is 1. The number of methoxy groups -OCH3 is 1. The van der Waals surface area contributed by atoms with E-state index in [0.29, 0.717) is 18.3 Å². The van der Waals surface area contributed by atoms with E-state index in [4.69, 9.17) is 9.26 Å². The van der Waals surface area contributed by atoms with E-state index < -0.39 is 0 Å². The van der Waals surface area contributed by atoms with Gasteiger partial charge in [0, 0.05) is 19.2 Å². The van der Waals surface area contributed by atoms with Crippen LogP contribution in [0, 0.1) is 0 Å². The monoisotopic (exact) mass is 326 g/mol. The second-order valence-corrected chi connectivity index (χ2v) is 5.79. The molecule has 3 aromatic rings. The highest BCUT2D eigenvalue weighted by atomic mass is 16.5. The zero-order valence-electron chi connectivity index (χ0n) is 13.3. The van der Waals surface area contributed by atoms with Gasteiger partial charge in [-0.25, -0.2) is 4.98 Å². The van der Waals surface area contributed by atoms with Gasteiger partial charge in [-0.15, -0.1) is 0 Å². The number of aromatic nitrogens is 5. The largest absolute Gasteiger partial charge is 0.380 e. The fraction of sp³-hybridized carbons (Fsp3) is 0.375. The van der Waals surface area contributed by atoms with Gasteiger partial charge in [-0.05, 0) is 6.42 Å². The van der Waals surface area contributed by atoms with E-state index in [1.807, 2.05) is 30.3 Å². The Balaban J connectivity index is 1.52. The molecule has 2 aromatic heterocycles. The van der Waals surface area contributed by atoms with Crippen LogP contribution in [0.25, 0.3) is 11.4 Å². The average Bonchev–Trinajstić information content (AvgIpc) is 3.36. The molecule has 8 heteroatoms. The van der Waals surface area contributed by atoms with Crippen LogP contribution in [0.4, 0.5) is 0 Å². The van der Waals surface area contributed by atoms with Crippen molar-refractivity contribution in [1.29, 1.82) is 0 Å². The third kappa shape index (κ3) is 2.93. The molecule has 1 N–H and O–H groups in total. The van der Waals surface area contributed by atoms with Crippen molar-refractivity contribution >= 4 is 0 Å².